The van der Waals surface area contributed by atoms with Gasteiger partial charge in [-0.05, 0) is 31.6 Å². The zero-order valence-corrected chi connectivity index (χ0v) is 14.6. The van der Waals surface area contributed by atoms with Crippen molar-refractivity contribution >= 4 is 29.5 Å². The summed E-state index contributed by atoms with van der Waals surface area (Å²) in [4.78, 5) is 37.1. The maximum atomic E-state index is 12.3. The van der Waals surface area contributed by atoms with Crippen molar-refractivity contribution in [2.75, 3.05) is 6.61 Å². The van der Waals surface area contributed by atoms with Crippen molar-refractivity contribution in [3.63, 3.8) is 0 Å². The van der Waals surface area contributed by atoms with Gasteiger partial charge in [-0.2, -0.15) is 0 Å². The second-order valence-electron chi connectivity index (χ2n) is 5.86. The van der Waals surface area contributed by atoms with Crippen molar-refractivity contribution in [1.29, 1.82) is 0 Å². The predicted molar refractivity (Wildman–Crippen MR) is 91.9 cm³/mol. The van der Waals surface area contributed by atoms with Crippen molar-refractivity contribution in [2.45, 2.75) is 30.5 Å². The first kappa shape index (κ1) is 17.3. The van der Waals surface area contributed by atoms with Crippen LogP contribution in [0.5, 0.6) is 5.75 Å². The number of amides is 2. The smallest absolute Gasteiger partial charge is 0.352 e. The lowest BCUT2D eigenvalue weighted by molar-refractivity contribution is -0.151. The molecule has 0 aliphatic carbocycles. The van der Waals surface area contributed by atoms with E-state index in [0.29, 0.717) is 11.3 Å². The van der Waals surface area contributed by atoms with Crippen LogP contribution in [0.4, 0.5) is 0 Å². The second-order valence-corrected chi connectivity index (χ2v) is 7.32. The lowest BCUT2D eigenvalue weighted by Crippen LogP contribution is -2.71. The molecule has 2 heterocycles. The van der Waals surface area contributed by atoms with Gasteiger partial charge in [0.15, 0.2) is 6.61 Å². The summed E-state index contributed by atoms with van der Waals surface area (Å²) in [6, 6.07) is 8.16. The topological polar surface area (TPSA) is 95.9 Å². The van der Waals surface area contributed by atoms with Crippen LogP contribution in [0.15, 0.2) is 41.6 Å². The highest BCUT2D eigenvalue weighted by Gasteiger charge is 2.55. The quantitative estimate of drug-likeness (QED) is 0.765. The molecule has 0 bridgehead atoms. The summed E-state index contributed by atoms with van der Waals surface area (Å²) in [6.45, 7) is 3.39. The van der Waals surface area contributed by atoms with Gasteiger partial charge in [-0.15, -0.1) is 11.8 Å². The minimum atomic E-state index is -1.12. The van der Waals surface area contributed by atoms with E-state index in [2.05, 4.69) is 5.32 Å². The van der Waals surface area contributed by atoms with Gasteiger partial charge in [-0.3, -0.25) is 14.5 Å². The van der Waals surface area contributed by atoms with E-state index in [4.69, 9.17) is 4.74 Å². The first-order valence-electron chi connectivity index (χ1n) is 7.80. The van der Waals surface area contributed by atoms with Gasteiger partial charge in [-0.25, -0.2) is 4.79 Å². The van der Waals surface area contributed by atoms with Crippen LogP contribution >= 0.6 is 11.8 Å². The zero-order chi connectivity index (χ0) is 18.1. The number of nitrogens with zero attached hydrogens (tertiary/aromatic N) is 1. The van der Waals surface area contributed by atoms with Crippen LogP contribution in [0.2, 0.25) is 0 Å². The Labute approximate surface area is 149 Å². The summed E-state index contributed by atoms with van der Waals surface area (Å²) in [5.74, 6) is -1.39. The third-order valence-electron chi connectivity index (χ3n) is 4.24. The number of aliphatic carboxylic acids is 1. The number of ether oxygens (including phenoxy) is 1. The number of carboxylic acid groups (broad SMARTS) is 1. The highest BCUT2D eigenvalue weighted by atomic mass is 32.2. The van der Waals surface area contributed by atoms with Crippen LogP contribution in [0.1, 0.15) is 13.8 Å². The molecule has 8 heteroatoms. The number of thioether (sulfide) groups is 1. The molecule has 0 saturated carbocycles. The summed E-state index contributed by atoms with van der Waals surface area (Å²) < 4.78 is 5.36. The molecular weight excluding hydrogens is 344 g/mol. The number of para-hydroxylation sites is 1. The minimum absolute atomic E-state index is 0.0206. The molecule has 0 radical (unpaired) electrons. The number of carbonyl (C=O) groups excluding carboxylic acids is 2. The van der Waals surface area contributed by atoms with Gasteiger partial charge >= 0.3 is 5.97 Å². The van der Waals surface area contributed by atoms with E-state index < -0.39 is 29.2 Å². The molecule has 2 aliphatic rings. The second kappa shape index (κ2) is 6.79. The standard InChI is InChI=1S/C17H18N2O5S/c1-9-10(2)25-16-13(15(21)19(16)14(9)17(22)23)18-12(20)8-24-11-6-4-3-5-7-11/h3-7,10,13,16H,8H2,1-2H3,(H,18,20)(H,22,23)/t10?,13?,16-/m1/s1. The highest BCUT2D eigenvalue weighted by molar-refractivity contribution is 8.00. The van der Waals surface area contributed by atoms with Gasteiger partial charge in [0.1, 0.15) is 22.9 Å². The molecular formula is C17H18N2O5S. The summed E-state index contributed by atoms with van der Waals surface area (Å²) in [5.41, 5.74) is 0.673. The largest absolute Gasteiger partial charge is 0.484 e. The first-order valence-corrected chi connectivity index (χ1v) is 8.74. The monoisotopic (exact) mass is 362 g/mol. The molecule has 1 aromatic carbocycles. The van der Waals surface area contributed by atoms with E-state index >= 15 is 0 Å². The third kappa shape index (κ3) is 3.21. The van der Waals surface area contributed by atoms with Gasteiger partial charge in [0.05, 0.1) is 0 Å². The van der Waals surface area contributed by atoms with E-state index in [1.165, 1.54) is 16.7 Å². The highest BCUT2D eigenvalue weighted by Crippen LogP contribution is 2.43. The SMILES string of the molecule is CC1=C(C(=O)O)N2C(=O)C(NC(=O)COc3ccccc3)[C@H]2SC1C. The molecule has 0 spiro atoms. The van der Waals surface area contributed by atoms with Crippen LogP contribution in [0, 0.1) is 0 Å². The van der Waals surface area contributed by atoms with E-state index in [0.717, 1.165) is 0 Å². The van der Waals surface area contributed by atoms with Gasteiger partial charge < -0.3 is 15.2 Å². The number of hydrogen-bond donors (Lipinski definition) is 2. The maximum Gasteiger partial charge on any atom is 0.352 e. The van der Waals surface area contributed by atoms with Crippen LogP contribution in [0.3, 0.4) is 0 Å². The molecule has 3 rings (SSSR count). The number of fused-ring (bicyclic) bond motifs is 1. The maximum absolute atomic E-state index is 12.3. The Morgan fingerprint density at radius 1 is 1.32 bits per heavy atom. The number of hydrogen-bond acceptors (Lipinski definition) is 5. The van der Waals surface area contributed by atoms with E-state index in [9.17, 15) is 19.5 Å². The molecule has 2 N–H and O–H groups in total. The predicted octanol–water partition coefficient (Wildman–Crippen LogP) is 1.21. The normalized spacial score (nSPS) is 25.1. The number of benzene rings is 1. The van der Waals surface area contributed by atoms with E-state index in [1.54, 1.807) is 31.2 Å². The zero-order valence-electron chi connectivity index (χ0n) is 13.8. The van der Waals surface area contributed by atoms with Crippen molar-refractivity contribution in [2.24, 2.45) is 0 Å². The Balaban J connectivity index is 1.63. The van der Waals surface area contributed by atoms with Gasteiger partial charge in [0.2, 0.25) is 0 Å². The van der Waals surface area contributed by atoms with Crippen molar-refractivity contribution in [3.8, 4) is 5.75 Å². The molecule has 2 amide bonds. The van der Waals surface area contributed by atoms with Crippen LogP contribution in [-0.2, 0) is 14.4 Å². The molecule has 25 heavy (non-hydrogen) atoms. The summed E-state index contributed by atoms with van der Waals surface area (Å²) in [6.07, 6.45) is 0. The van der Waals surface area contributed by atoms with Crippen LogP contribution in [0.25, 0.3) is 0 Å². The molecule has 7 nitrogen and oxygen atoms in total. The lowest BCUT2D eigenvalue weighted by Gasteiger charge is -2.50. The third-order valence-corrected chi connectivity index (χ3v) is 5.77. The average Bonchev–Trinajstić information content (AvgIpc) is 2.60. The molecule has 2 unspecified atom stereocenters. The Morgan fingerprint density at radius 2 is 2.00 bits per heavy atom. The number of carbonyl (C=O) groups is 3. The van der Waals surface area contributed by atoms with Gasteiger partial charge in [-0.1, -0.05) is 18.2 Å². The fourth-order valence-corrected chi connectivity index (χ4v) is 4.23. The molecule has 1 saturated heterocycles. The van der Waals surface area contributed by atoms with E-state index in [-0.39, 0.29) is 17.6 Å². The van der Waals surface area contributed by atoms with Gasteiger partial charge in [0, 0.05) is 5.25 Å². The molecule has 1 aromatic rings. The summed E-state index contributed by atoms with van der Waals surface area (Å²) in [5, 5.41) is 11.6. The molecule has 3 atom stereocenters. The Hall–Kier alpha value is -2.48. The minimum Gasteiger partial charge on any atom is -0.484 e. The summed E-state index contributed by atoms with van der Waals surface area (Å²) >= 11 is 1.46. The van der Waals surface area contributed by atoms with Crippen LogP contribution < -0.4 is 10.1 Å². The van der Waals surface area contributed by atoms with Crippen LogP contribution in [-0.4, -0.2) is 51.1 Å². The number of carboxylic acids is 1. The molecule has 132 valence electrons. The molecule has 1 fully saturated rings. The number of rotatable bonds is 5. The number of nitrogens with one attached hydrogen (secondary N) is 1. The Bertz CT molecular complexity index is 749. The Kier molecular flexibility index (Phi) is 4.71. The van der Waals surface area contributed by atoms with Crippen molar-refractivity contribution in [1.82, 2.24) is 10.2 Å². The number of β-lactam (4-membered cyclic amide) rings is 1. The van der Waals surface area contributed by atoms with E-state index in [1.807, 2.05) is 13.0 Å². The fourth-order valence-electron chi connectivity index (χ4n) is 2.82. The molecule has 0 aromatic heterocycles. The van der Waals surface area contributed by atoms with Gasteiger partial charge in [0.25, 0.3) is 11.8 Å². The Morgan fingerprint density at radius 3 is 2.64 bits per heavy atom. The average molecular weight is 362 g/mol. The fraction of sp³-hybridized carbons (Fsp3) is 0.353. The van der Waals surface area contributed by atoms with Crippen molar-refractivity contribution < 1.29 is 24.2 Å². The first-order chi connectivity index (χ1) is 11.9. The van der Waals surface area contributed by atoms with Crippen molar-refractivity contribution in [3.05, 3.63) is 41.6 Å². The molecule has 2 aliphatic heterocycles. The lowest BCUT2D eigenvalue weighted by atomic mass is 10.0. The summed E-state index contributed by atoms with van der Waals surface area (Å²) in [7, 11) is 0.